The summed E-state index contributed by atoms with van der Waals surface area (Å²) in [5, 5.41) is 12.4. The fourth-order valence-corrected chi connectivity index (χ4v) is 2.86. The summed E-state index contributed by atoms with van der Waals surface area (Å²) in [4.78, 5) is 1.70. The van der Waals surface area contributed by atoms with Crippen LogP contribution in [0.15, 0.2) is 12.1 Å². The van der Waals surface area contributed by atoms with Gasteiger partial charge in [0, 0.05) is 13.1 Å². The van der Waals surface area contributed by atoms with Gasteiger partial charge >= 0.3 is 0 Å². The summed E-state index contributed by atoms with van der Waals surface area (Å²) >= 11 is 0. The van der Waals surface area contributed by atoms with Crippen molar-refractivity contribution in [2.75, 3.05) is 25.1 Å². The van der Waals surface area contributed by atoms with Gasteiger partial charge in [0.2, 0.25) is 0 Å². The van der Waals surface area contributed by atoms with Crippen LogP contribution < -0.4 is 10.2 Å². The molecule has 0 aromatic heterocycles. The molecule has 2 N–H and O–H groups in total. The average Bonchev–Trinajstić information content (AvgIpc) is 2.63. The second-order valence-corrected chi connectivity index (χ2v) is 5.32. The largest absolute Gasteiger partial charge is 0.394 e. The molecular formula is C15H22F2N2O. The Morgan fingerprint density at radius 3 is 2.55 bits per heavy atom. The van der Waals surface area contributed by atoms with Crippen molar-refractivity contribution < 1.29 is 13.9 Å². The van der Waals surface area contributed by atoms with Crippen LogP contribution in [-0.4, -0.2) is 31.3 Å². The summed E-state index contributed by atoms with van der Waals surface area (Å²) in [6, 6.07) is 2.54. The van der Waals surface area contributed by atoms with Gasteiger partial charge in [0.1, 0.15) is 17.3 Å². The number of aliphatic hydroxyl groups excluding tert-OH is 1. The van der Waals surface area contributed by atoms with Gasteiger partial charge in [0.15, 0.2) is 0 Å². The molecule has 112 valence electrons. The molecule has 20 heavy (non-hydrogen) atoms. The number of nitrogens with one attached hydrogen (secondary N) is 1. The van der Waals surface area contributed by atoms with Gasteiger partial charge in [0.25, 0.3) is 0 Å². The van der Waals surface area contributed by atoms with Crippen LogP contribution in [0, 0.1) is 11.6 Å². The highest BCUT2D eigenvalue weighted by molar-refractivity contribution is 5.52. The lowest BCUT2D eigenvalue weighted by Gasteiger charge is -2.31. The van der Waals surface area contributed by atoms with Crippen LogP contribution in [0.2, 0.25) is 0 Å². The van der Waals surface area contributed by atoms with Gasteiger partial charge in [-0.3, -0.25) is 0 Å². The number of aliphatic hydroxyl groups is 1. The fourth-order valence-electron chi connectivity index (χ4n) is 2.86. The molecule has 1 saturated heterocycles. The summed E-state index contributed by atoms with van der Waals surface area (Å²) in [5.74, 6) is -1.09. The van der Waals surface area contributed by atoms with Gasteiger partial charge < -0.3 is 15.3 Å². The van der Waals surface area contributed by atoms with Crippen molar-refractivity contribution in [2.24, 2.45) is 0 Å². The second-order valence-electron chi connectivity index (χ2n) is 5.32. The van der Waals surface area contributed by atoms with E-state index in [9.17, 15) is 13.9 Å². The standard InChI is InChI=1S/C15H22F2N2O/c1-18-9-11-7-13(16)15(14(17)8-11)19-6-4-2-3-5-12(19)10-20/h7-8,12,18,20H,2-6,9-10H2,1H3. The van der Waals surface area contributed by atoms with E-state index in [1.807, 2.05) is 0 Å². The fraction of sp³-hybridized carbons (Fsp3) is 0.600. The van der Waals surface area contributed by atoms with Crippen LogP contribution in [-0.2, 0) is 6.54 Å². The van der Waals surface area contributed by atoms with Crippen molar-refractivity contribution >= 4 is 5.69 Å². The first kappa shape index (κ1) is 15.2. The Morgan fingerprint density at radius 2 is 1.95 bits per heavy atom. The van der Waals surface area contributed by atoms with E-state index in [4.69, 9.17) is 0 Å². The lowest BCUT2D eigenvalue weighted by Crippen LogP contribution is -2.38. The molecule has 0 amide bonds. The van der Waals surface area contributed by atoms with Gasteiger partial charge in [-0.25, -0.2) is 8.78 Å². The van der Waals surface area contributed by atoms with Crippen LogP contribution in [0.3, 0.4) is 0 Å². The molecule has 5 heteroatoms. The predicted molar refractivity (Wildman–Crippen MR) is 75.8 cm³/mol. The lowest BCUT2D eigenvalue weighted by molar-refractivity contribution is 0.254. The molecule has 0 radical (unpaired) electrons. The van der Waals surface area contributed by atoms with E-state index in [1.54, 1.807) is 11.9 Å². The number of hydrogen-bond donors (Lipinski definition) is 2. The van der Waals surface area contributed by atoms with Crippen molar-refractivity contribution in [1.82, 2.24) is 5.32 Å². The molecule has 1 heterocycles. The van der Waals surface area contributed by atoms with E-state index < -0.39 is 11.6 Å². The summed E-state index contributed by atoms with van der Waals surface area (Å²) in [6.07, 6.45) is 3.69. The third-order valence-electron chi connectivity index (χ3n) is 3.83. The predicted octanol–water partition coefficient (Wildman–Crippen LogP) is 2.43. The van der Waals surface area contributed by atoms with Crippen molar-refractivity contribution in [3.8, 4) is 0 Å². The van der Waals surface area contributed by atoms with Crippen LogP contribution in [0.1, 0.15) is 31.2 Å². The first-order chi connectivity index (χ1) is 9.67. The Bertz CT molecular complexity index is 430. The van der Waals surface area contributed by atoms with E-state index in [0.717, 1.165) is 25.7 Å². The third-order valence-corrected chi connectivity index (χ3v) is 3.83. The van der Waals surface area contributed by atoms with Crippen molar-refractivity contribution in [3.63, 3.8) is 0 Å². The van der Waals surface area contributed by atoms with E-state index >= 15 is 0 Å². The molecule has 0 spiro atoms. The zero-order chi connectivity index (χ0) is 14.5. The summed E-state index contributed by atoms with van der Waals surface area (Å²) in [6.45, 7) is 0.944. The molecule has 1 aliphatic heterocycles. The zero-order valence-electron chi connectivity index (χ0n) is 11.8. The van der Waals surface area contributed by atoms with Crippen LogP contribution >= 0.6 is 0 Å². The Balaban J connectivity index is 2.34. The summed E-state index contributed by atoms with van der Waals surface area (Å²) in [5.41, 5.74) is 0.590. The van der Waals surface area contributed by atoms with Crippen LogP contribution in [0.25, 0.3) is 0 Å². The number of anilines is 1. The molecule has 0 aliphatic carbocycles. The normalized spacial score (nSPS) is 20.0. The maximum absolute atomic E-state index is 14.3. The Kier molecular flexibility index (Phi) is 5.31. The third kappa shape index (κ3) is 3.27. The molecule has 1 aromatic rings. The summed E-state index contributed by atoms with van der Waals surface area (Å²) < 4.78 is 28.5. The lowest BCUT2D eigenvalue weighted by atomic mass is 10.1. The molecule has 1 aliphatic rings. The van der Waals surface area contributed by atoms with Crippen LogP contribution in [0.4, 0.5) is 14.5 Å². The quantitative estimate of drug-likeness (QED) is 0.891. The Labute approximate surface area is 118 Å². The smallest absolute Gasteiger partial charge is 0.149 e. The van der Waals surface area contributed by atoms with Crippen molar-refractivity contribution in [3.05, 3.63) is 29.3 Å². The molecule has 1 atom stereocenters. The maximum atomic E-state index is 14.3. The zero-order valence-corrected chi connectivity index (χ0v) is 11.8. The summed E-state index contributed by atoms with van der Waals surface area (Å²) in [7, 11) is 1.74. The SMILES string of the molecule is CNCc1cc(F)c(N2CCCCCC2CO)c(F)c1. The van der Waals surface area contributed by atoms with Crippen LogP contribution in [0.5, 0.6) is 0 Å². The van der Waals surface area contributed by atoms with Gasteiger partial charge in [-0.1, -0.05) is 12.8 Å². The molecule has 0 bridgehead atoms. The van der Waals surface area contributed by atoms with Gasteiger partial charge in [0.05, 0.1) is 12.6 Å². The number of halogens is 2. The Hall–Kier alpha value is -1.20. The van der Waals surface area contributed by atoms with E-state index in [0.29, 0.717) is 18.7 Å². The second kappa shape index (κ2) is 6.99. The number of benzene rings is 1. The highest BCUT2D eigenvalue weighted by Crippen LogP contribution is 2.30. The first-order valence-corrected chi connectivity index (χ1v) is 7.17. The van der Waals surface area contributed by atoms with Gasteiger partial charge in [-0.05, 0) is 37.6 Å². The minimum Gasteiger partial charge on any atom is -0.394 e. The van der Waals surface area contributed by atoms with E-state index in [-0.39, 0.29) is 18.3 Å². The van der Waals surface area contributed by atoms with Gasteiger partial charge in [-0.2, -0.15) is 0 Å². The van der Waals surface area contributed by atoms with Crippen molar-refractivity contribution in [2.45, 2.75) is 38.3 Å². The number of nitrogens with zero attached hydrogens (tertiary/aromatic N) is 1. The van der Waals surface area contributed by atoms with Gasteiger partial charge in [-0.15, -0.1) is 0 Å². The monoisotopic (exact) mass is 284 g/mol. The maximum Gasteiger partial charge on any atom is 0.149 e. The van der Waals surface area contributed by atoms with E-state index in [1.165, 1.54) is 12.1 Å². The molecular weight excluding hydrogens is 262 g/mol. The highest BCUT2D eigenvalue weighted by Gasteiger charge is 2.26. The first-order valence-electron chi connectivity index (χ1n) is 7.17. The number of hydrogen-bond acceptors (Lipinski definition) is 3. The van der Waals surface area contributed by atoms with Crippen molar-refractivity contribution in [1.29, 1.82) is 0 Å². The Morgan fingerprint density at radius 1 is 1.25 bits per heavy atom. The molecule has 0 saturated carbocycles. The topological polar surface area (TPSA) is 35.5 Å². The molecule has 2 rings (SSSR count). The molecule has 1 aromatic carbocycles. The molecule has 1 unspecified atom stereocenters. The van der Waals surface area contributed by atoms with E-state index in [2.05, 4.69) is 5.32 Å². The molecule has 1 fully saturated rings. The average molecular weight is 284 g/mol. The molecule has 3 nitrogen and oxygen atoms in total. The minimum absolute atomic E-state index is 0.00537. The number of rotatable bonds is 4. The highest BCUT2D eigenvalue weighted by atomic mass is 19.1. The minimum atomic E-state index is -0.546.